The Labute approximate surface area is 250 Å². The zero-order valence-corrected chi connectivity index (χ0v) is 24.4. The number of carbonyl (C=O) groups is 3. The number of rotatable bonds is 10. The van der Waals surface area contributed by atoms with Crippen molar-refractivity contribution in [2.24, 2.45) is 11.8 Å². The number of alkyl carbamates (subject to hydrolysis) is 1. The van der Waals surface area contributed by atoms with Gasteiger partial charge in [-0.05, 0) is 40.5 Å². The number of esters is 1. The lowest BCUT2D eigenvalue weighted by Gasteiger charge is -2.25. The molecule has 44 heavy (non-hydrogen) atoms. The molecule has 2 amide bonds. The molecular weight excluding hydrogens is 587 g/mol. The van der Waals surface area contributed by atoms with E-state index in [9.17, 15) is 36.3 Å². The lowest BCUT2D eigenvalue weighted by atomic mass is 9.98. The van der Waals surface area contributed by atoms with Crippen molar-refractivity contribution < 1.29 is 45.8 Å². The van der Waals surface area contributed by atoms with E-state index in [4.69, 9.17) is 4.74 Å². The third-order valence-electron chi connectivity index (χ3n) is 7.25. The van der Waals surface area contributed by atoms with Gasteiger partial charge in [0, 0.05) is 5.92 Å². The monoisotopic (exact) mass is 618 g/mol. The van der Waals surface area contributed by atoms with Crippen molar-refractivity contribution in [1.29, 1.82) is 0 Å². The third-order valence-corrected chi connectivity index (χ3v) is 7.25. The second kappa shape index (κ2) is 13.4. The van der Waals surface area contributed by atoms with E-state index in [1.165, 1.54) is 13.8 Å². The molecule has 2 N–H and O–H groups in total. The quantitative estimate of drug-likeness (QED) is 0.0905. The highest BCUT2D eigenvalue weighted by atomic mass is 19.2. The maximum atomic E-state index is 14.1. The van der Waals surface area contributed by atoms with Crippen molar-refractivity contribution in [3.8, 4) is 16.9 Å². The molecule has 2 atom stereocenters. The Bertz CT molecular complexity index is 1500. The summed E-state index contributed by atoms with van der Waals surface area (Å²) in [4.78, 5) is 38.9. The maximum absolute atomic E-state index is 14.1. The van der Waals surface area contributed by atoms with Gasteiger partial charge in [-0.15, -0.1) is 0 Å². The molecule has 3 aromatic rings. The van der Waals surface area contributed by atoms with Crippen molar-refractivity contribution >= 4 is 18.0 Å². The van der Waals surface area contributed by atoms with Gasteiger partial charge in [-0.2, -0.15) is 8.78 Å². The van der Waals surface area contributed by atoms with E-state index in [1.54, 1.807) is 13.8 Å². The van der Waals surface area contributed by atoms with Gasteiger partial charge in [-0.1, -0.05) is 76.2 Å². The first-order chi connectivity index (χ1) is 20.8. The van der Waals surface area contributed by atoms with Crippen molar-refractivity contribution in [3.63, 3.8) is 0 Å². The van der Waals surface area contributed by atoms with Crippen LogP contribution in [-0.4, -0.2) is 36.7 Å². The molecule has 0 unspecified atom stereocenters. The minimum Gasteiger partial charge on any atom is -0.449 e. The van der Waals surface area contributed by atoms with Gasteiger partial charge < -0.3 is 20.1 Å². The minimum absolute atomic E-state index is 0.0151. The Morgan fingerprint density at radius 1 is 0.750 bits per heavy atom. The summed E-state index contributed by atoms with van der Waals surface area (Å²) in [6.45, 7) is 6.48. The Balaban J connectivity index is 1.45. The normalized spacial score (nSPS) is 13.7. The van der Waals surface area contributed by atoms with Crippen molar-refractivity contribution in [2.75, 3.05) is 6.61 Å². The number of ether oxygens (including phenoxy) is 2. The molecule has 1 aliphatic rings. The van der Waals surface area contributed by atoms with Crippen LogP contribution >= 0.6 is 0 Å². The van der Waals surface area contributed by atoms with Gasteiger partial charge >= 0.3 is 12.1 Å². The van der Waals surface area contributed by atoms with E-state index >= 15 is 0 Å². The molecule has 3 aromatic carbocycles. The molecule has 0 aliphatic heterocycles. The Morgan fingerprint density at radius 2 is 1.25 bits per heavy atom. The second-order valence-electron chi connectivity index (χ2n) is 11.2. The molecule has 4 rings (SSSR count). The second-order valence-corrected chi connectivity index (χ2v) is 11.2. The zero-order chi connectivity index (χ0) is 32.3. The minimum atomic E-state index is -2.41. The Hall–Kier alpha value is -4.48. The first-order valence-corrected chi connectivity index (χ1v) is 14.0. The lowest BCUT2D eigenvalue weighted by molar-refractivity contribution is -0.141. The molecular formula is C32H31F5N2O5. The van der Waals surface area contributed by atoms with Gasteiger partial charge in [-0.25, -0.2) is 22.8 Å². The van der Waals surface area contributed by atoms with Gasteiger partial charge in [0.1, 0.15) is 18.7 Å². The van der Waals surface area contributed by atoms with E-state index in [-0.39, 0.29) is 24.9 Å². The Kier molecular flexibility index (Phi) is 9.91. The fourth-order valence-electron chi connectivity index (χ4n) is 5.08. The van der Waals surface area contributed by atoms with E-state index < -0.39 is 70.8 Å². The fourth-order valence-corrected chi connectivity index (χ4v) is 5.08. The average Bonchev–Trinajstić information content (AvgIpc) is 3.31. The van der Waals surface area contributed by atoms with E-state index in [2.05, 4.69) is 15.4 Å². The lowest BCUT2D eigenvalue weighted by Crippen LogP contribution is -2.54. The first-order valence-electron chi connectivity index (χ1n) is 14.0. The molecule has 12 heteroatoms. The first kappa shape index (κ1) is 32.4. The summed E-state index contributed by atoms with van der Waals surface area (Å²) in [5.41, 5.74) is 4.05. The van der Waals surface area contributed by atoms with Crippen LogP contribution in [0.4, 0.5) is 26.7 Å². The summed E-state index contributed by atoms with van der Waals surface area (Å²) in [6.07, 6.45) is -0.772. The number of hydrogen-bond acceptors (Lipinski definition) is 5. The molecule has 0 bridgehead atoms. The van der Waals surface area contributed by atoms with Gasteiger partial charge in [0.15, 0.2) is 0 Å². The SMILES string of the molecule is CC(C)C[C@H](NC(=O)OCC1c2ccccc2-c2ccccc21)C(=O)N[C@H](C(=O)Oc1c(F)c(F)c(F)c(F)c1F)C(C)C. The Morgan fingerprint density at radius 3 is 1.75 bits per heavy atom. The maximum Gasteiger partial charge on any atom is 0.407 e. The topological polar surface area (TPSA) is 93.7 Å². The fraction of sp³-hybridized carbons (Fsp3) is 0.344. The molecule has 0 saturated carbocycles. The predicted octanol–water partition coefficient (Wildman–Crippen LogP) is 6.38. The van der Waals surface area contributed by atoms with Crippen LogP contribution < -0.4 is 15.4 Å². The highest BCUT2D eigenvalue weighted by Crippen LogP contribution is 2.44. The van der Waals surface area contributed by atoms with Crippen LogP contribution in [0.25, 0.3) is 11.1 Å². The molecule has 0 heterocycles. The summed E-state index contributed by atoms with van der Waals surface area (Å²) >= 11 is 0. The van der Waals surface area contributed by atoms with Gasteiger partial charge in [0.05, 0.1) is 0 Å². The number of benzene rings is 3. The number of fused-ring (bicyclic) bond motifs is 3. The number of amides is 2. The van der Waals surface area contributed by atoms with Crippen molar-refractivity contribution in [2.45, 2.75) is 52.1 Å². The summed E-state index contributed by atoms with van der Waals surface area (Å²) in [5, 5.41) is 4.87. The van der Waals surface area contributed by atoms with Crippen LogP contribution in [0.15, 0.2) is 48.5 Å². The molecule has 0 radical (unpaired) electrons. The highest BCUT2D eigenvalue weighted by molar-refractivity contribution is 5.90. The summed E-state index contributed by atoms with van der Waals surface area (Å²) in [7, 11) is 0. The van der Waals surface area contributed by atoms with Crippen LogP contribution in [0, 0.1) is 40.9 Å². The molecule has 1 aliphatic carbocycles. The highest BCUT2D eigenvalue weighted by Gasteiger charge is 2.35. The molecule has 0 spiro atoms. The van der Waals surface area contributed by atoms with Crippen LogP contribution in [-0.2, 0) is 14.3 Å². The number of halogens is 5. The van der Waals surface area contributed by atoms with Crippen LogP contribution in [0.1, 0.15) is 51.2 Å². The molecule has 0 fully saturated rings. The molecule has 7 nitrogen and oxygen atoms in total. The summed E-state index contributed by atoms with van der Waals surface area (Å²) in [5.74, 6) is -16.9. The molecule has 0 saturated heterocycles. The third kappa shape index (κ3) is 6.68. The summed E-state index contributed by atoms with van der Waals surface area (Å²) in [6, 6.07) is 12.7. The van der Waals surface area contributed by atoms with Gasteiger partial charge in [0.2, 0.25) is 40.7 Å². The largest absolute Gasteiger partial charge is 0.449 e. The number of nitrogens with one attached hydrogen (secondary N) is 2. The standard InChI is InChI=1S/C32H31F5N2O5/c1-15(2)13-22(38-32(42)43-14-21-19-11-7-5-9-17(19)18-10-6-8-12-20(18)21)30(40)39-28(16(3)4)31(41)44-29-26(36)24(34)23(33)25(35)27(29)37/h5-12,15-16,21-22,28H,13-14H2,1-4H3,(H,38,42)(H,39,40)/t22-,28-/m0/s1. The van der Waals surface area contributed by atoms with Crippen molar-refractivity contribution in [3.05, 3.63) is 88.7 Å². The van der Waals surface area contributed by atoms with Gasteiger partial charge in [0.25, 0.3) is 0 Å². The van der Waals surface area contributed by atoms with Crippen LogP contribution in [0.2, 0.25) is 0 Å². The van der Waals surface area contributed by atoms with Crippen LogP contribution in [0.3, 0.4) is 0 Å². The van der Waals surface area contributed by atoms with Gasteiger partial charge in [-0.3, -0.25) is 4.79 Å². The van der Waals surface area contributed by atoms with Crippen molar-refractivity contribution in [1.82, 2.24) is 10.6 Å². The molecule has 0 aromatic heterocycles. The van der Waals surface area contributed by atoms with E-state index in [1.807, 2.05) is 48.5 Å². The average molecular weight is 619 g/mol. The number of carbonyl (C=O) groups excluding carboxylic acids is 3. The zero-order valence-electron chi connectivity index (χ0n) is 24.4. The number of hydrogen-bond donors (Lipinski definition) is 2. The smallest absolute Gasteiger partial charge is 0.407 e. The van der Waals surface area contributed by atoms with E-state index in [0.717, 1.165) is 22.3 Å². The predicted molar refractivity (Wildman–Crippen MR) is 150 cm³/mol. The van der Waals surface area contributed by atoms with Crippen LogP contribution in [0.5, 0.6) is 5.75 Å². The molecule has 234 valence electrons. The summed E-state index contributed by atoms with van der Waals surface area (Å²) < 4.78 is 78.9. The van der Waals surface area contributed by atoms with E-state index in [0.29, 0.717) is 0 Å².